The van der Waals surface area contributed by atoms with Gasteiger partial charge in [0, 0.05) is 132 Å². The summed E-state index contributed by atoms with van der Waals surface area (Å²) in [5.74, 6) is 3.63. The second-order valence-corrected chi connectivity index (χ2v) is 19.2. The van der Waals surface area contributed by atoms with Gasteiger partial charge in [-0.3, -0.25) is 14.4 Å². The summed E-state index contributed by atoms with van der Waals surface area (Å²) in [4.78, 5) is 43.7. The quantitative estimate of drug-likeness (QED) is 0.152. The van der Waals surface area contributed by atoms with Crippen molar-refractivity contribution in [3.8, 4) is 0 Å². The Morgan fingerprint density at radius 1 is 0.590 bits per heavy atom. The van der Waals surface area contributed by atoms with Gasteiger partial charge in [-0.15, -0.1) is 0 Å². The van der Waals surface area contributed by atoms with Crippen molar-refractivity contribution in [2.45, 2.75) is 96.8 Å². The number of carbonyl (C=O) groups excluding carboxylic acids is 3. The third kappa shape index (κ3) is 9.32. The van der Waals surface area contributed by atoms with Crippen LogP contribution in [-0.4, -0.2) is 109 Å². The number of likely N-dealkylation sites (N-methyl/N-ethyl adjacent to an activating group) is 2. The highest BCUT2D eigenvalue weighted by Gasteiger charge is 2.34. The zero-order chi connectivity index (χ0) is 42.8. The molecular formula is C51H71N5O5. The van der Waals surface area contributed by atoms with Crippen LogP contribution in [0, 0.1) is 29.6 Å². The number of amides is 3. The van der Waals surface area contributed by atoms with Gasteiger partial charge in [0.25, 0.3) is 11.8 Å². The molecule has 1 saturated carbocycles. The fraction of sp³-hybridized carbons (Fsp3) is 0.627. The Balaban J connectivity index is 0.000000171. The summed E-state index contributed by atoms with van der Waals surface area (Å²) in [7, 11) is 9.95. The molecule has 3 aliphatic carbocycles. The molecule has 2 aromatic carbocycles. The first kappa shape index (κ1) is 43.5. The van der Waals surface area contributed by atoms with Gasteiger partial charge in [-0.1, -0.05) is 13.3 Å². The summed E-state index contributed by atoms with van der Waals surface area (Å²) < 4.78 is 15.9. The number of fused-ring (bicyclic) bond motifs is 6. The van der Waals surface area contributed by atoms with Crippen LogP contribution in [0.3, 0.4) is 0 Å². The lowest BCUT2D eigenvalue weighted by atomic mass is 9.75. The smallest absolute Gasteiger partial charge is 0.253 e. The van der Waals surface area contributed by atoms with Crippen LogP contribution in [0.5, 0.6) is 0 Å². The van der Waals surface area contributed by atoms with Gasteiger partial charge >= 0.3 is 0 Å². The molecule has 0 radical (unpaired) electrons. The molecule has 2 aromatic heterocycles. The summed E-state index contributed by atoms with van der Waals surface area (Å²) >= 11 is 0. The summed E-state index contributed by atoms with van der Waals surface area (Å²) in [6.07, 6.45) is 16.0. The zero-order valence-corrected chi connectivity index (χ0v) is 38.0. The maximum Gasteiger partial charge on any atom is 0.253 e. The average molecular weight is 834 g/mol. The average Bonchev–Trinajstić information content (AvgIpc) is 4.08. The molecule has 9 rings (SSSR count). The van der Waals surface area contributed by atoms with Crippen molar-refractivity contribution in [2.24, 2.45) is 43.7 Å². The van der Waals surface area contributed by atoms with Crippen molar-refractivity contribution >= 4 is 39.5 Å². The standard InChI is InChI=1S/C27H37N3O3.C24H34N2O2/c1-28(26(31)19-4-5-19)12-13-29(2)27(32)21-7-9-25-23(17-21)22-16-20(6-8-24(22)30(25)3)18-10-14-33-15-11-18;1-4-5-12-25(2)24(27)19-7-9-23-21(16-19)20-15-18(6-8-22(20)26(23)3)17-10-13-28-14-11-17/h7,9,17-20H,4-6,8,10-16H2,1-3H3;7,9,16-18H,4-6,8,10-15H2,1-3H3. The highest BCUT2D eigenvalue weighted by atomic mass is 16.5. The lowest BCUT2D eigenvalue weighted by Crippen LogP contribution is -2.37. The number of ether oxygens (including phenoxy) is 2. The van der Waals surface area contributed by atoms with Gasteiger partial charge in [0.15, 0.2) is 0 Å². The number of aromatic nitrogens is 2. The first-order valence-corrected chi connectivity index (χ1v) is 23.7. The minimum Gasteiger partial charge on any atom is -0.381 e. The first-order valence-electron chi connectivity index (χ1n) is 23.7. The van der Waals surface area contributed by atoms with Crippen LogP contribution < -0.4 is 0 Å². The fourth-order valence-corrected chi connectivity index (χ4v) is 11.1. The molecule has 10 heteroatoms. The molecule has 330 valence electrons. The van der Waals surface area contributed by atoms with E-state index in [1.807, 2.05) is 38.2 Å². The number of hydrogen-bond acceptors (Lipinski definition) is 5. The number of hydrogen-bond donors (Lipinski definition) is 0. The van der Waals surface area contributed by atoms with E-state index in [0.29, 0.717) is 19.0 Å². The Labute approximate surface area is 363 Å². The Morgan fingerprint density at radius 3 is 1.48 bits per heavy atom. The lowest BCUT2D eigenvalue weighted by Gasteiger charge is -2.33. The van der Waals surface area contributed by atoms with E-state index < -0.39 is 0 Å². The summed E-state index contributed by atoms with van der Waals surface area (Å²) in [6, 6.07) is 12.5. The van der Waals surface area contributed by atoms with E-state index in [4.69, 9.17) is 9.47 Å². The molecule has 5 aliphatic rings. The first-order chi connectivity index (χ1) is 29.5. The normalized spacial score (nSPS) is 20.8. The van der Waals surface area contributed by atoms with Crippen molar-refractivity contribution < 1.29 is 23.9 Å². The monoisotopic (exact) mass is 834 g/mol. The van der Waals surface area contributed by atoms with Crippen molar-refractivity contribution in [3.05, 3.63) is 70.0 Å². The number of benzene rings is 2. The number of rotatable bonds is 11. The van der Waals surface area contributed by atoms with Gasteiger partial charge in [-0.05, 0) is 155 Å². The van der Waals surface area contributed by atoms with E-state index in [1.165, 1.54) is 82.8 Å². The minimum atomic E-state index is 0.0264. The van der Waals surface area contributed by atoms with Crippen molar-refractivity contribution in [1.82, 2.24) is 23.8 Å². The van der Waals surface area contributed by atoms with Crippen LogP contribution in [0.25, 0.3) is 21.8 Å². The molecule has 3 amide bonds. The van der Waals surface area contributed by atoms with Crippen molar-refractivity contribution in [2.75, 3.05) is 67.2 Å². The molecule has 2 aliphatic heterocycles. The molecule has 4 heterocycles. The molecule has 0 N–H and O–H groups in total. The van der Waals surface area contributed by atoms with E-state index >= 15 is 0 Å². The van der Waals surface area contributed by atoms with Crippen LogP contribution in [0.4, 0.5) is 0 Å². The van der Waals surface area contributed by atoms with Gasteiger partial charge in [0.05, 0.1) is 0 Å². The summed E-state index contributed by atoms with van der Waals surface area (Å²) in [5.41, 5.74) is 9.91. The van der Waals surface area contributed by atoms with E-state index in [9.17, 15) is 14.4 Å². The van der Waals surface area contributed by atoms with Gasteiger partial charge < -0.3 is 33.3 Å². The lowest BCUT2D eigenvalue weighted by molar-refractivity contribution is -0.131. The maximum absolute atomic E-state index is 13.2. The Kier molecular flexibility index (Phi) is 13.6. The predicted octanol–water partition coefficient (Wildman–Crippen LogP) is 8.23. The van der Waals surface area contributed by atoms with Gasteiger partial charge in [-0.2, -0.15) is 0 Å². The predicted molar refractivity (Wildman–Crippen MR) is 243 cm³/mol. The summed E-state index contributed by atoms with van der Waals surface area (Å²) in [6.45, 7) is 7.75. The minimum absolute atomic E-state index is 0.0264. The Bertz CT molecular complexity index is 2200. The van der Waals surface area contributed by atoms with E-state index in [1.54, 1.807) is 9.80 Å². The van der Waals surface area contributed by atoms with Crippen molar-refractivity contribution in [3.63, 3.8) is 0 Å². The van der Waals surface area contributed by atoms with Crippen LogP contribution >= 0.6 is 0 Å². The molecule has 4 aromatic rings. The highest BCUT2D eigenvalue weighted by Crippen LogP contribution is 2.41. The molecule has 2 saturated heterocycles. The maximum atomic E-state index is 13.2. The number of carbonyl (C=O) groups is 3. The molecule has 0 bridgehead atoms. The Morgan fingerprint density at radius 2 is 1.03 bits per heavy atom. The second kappa shape index (κ2) is 19.1. The fourth-order valence-electron chi connectivity index (χ4n) is 11.1. The second-order valence-electron chi connectivity index (χ2n) is 19.2. The molecule has 2 unspecified atom stereocenters. The summed E-state index contributed by atoms with van der Waals surface area (Å²) in [5, 5.41) is 2.54. The van der Waals surface area contributed by atoms with E-state index in [0.717, 1.165) is 113 Å². The van der Waals surface area contributed by atoms with Crippen LogP contribution in [0.2, 0.25) is 0 Å². The number of aryl methyl sites for hydroxylation is 2. The van der Waals surface area contributed by atoms with Crippen LogP contribution in [0.15, 0.2) is 36.4 Å². The van der Waals surface area contributed by atoms with Gasteiger partial charge in [-0.25, -0.2) is 0 Å². The molecule has 3 fully saturated rings. The number of nitrogens with zero attached hydrogens (tertiary/aromatic N) is 5. The van der Waals surface area contributed by atoms with Crippen molar-refractivity contribution in [1.29, 1.82) is 0 Å². The highest BCUT2D eigenvalue weighted by molar-refractivity contribution is 6.00. The largest absolute Gasteiger partial charge is 0.381 e. The number of unbranched alkanes of at least 4 members (excludes halogenated alkanes) is 1. The van der Waals surface area contributed by atoms with E-state index in [2.05, 4.69) is 54.4 Å². The van der Waals surface area contributed by atoms with Crippen LogP contribution in [-0.2, 0) is 54.0 Å². The topological polar surface area (TPSA) is 89.3 Å². The molecule has 61 heavy (non-hydrogen) atoms. The third-order valence-electron chi connectivity index (χ3n) is 15.3. The van der Waals surface area contributed by atoms with E-state index in [-0.39, 0.29) is 23.6 Å². The molecular weight excluding hydrogens is 763 g/mol. The van der Waals surface area contributed by atoms with Gasteiger partial charge in [0.1, 0.15) is 0 Å². The van der Waals surface area contributed by atoms with Gasteiger partial charge in [0.2, 0.25) is 5.91 Å². The Hall–Kier alpha value is -4.15. The molecule has 2 atom stereocenters. The third-order valence-corrected chi connectivity index (χ3v) is 15.3. The SMILES string of the molecule is CCCCN(C)C(=O)c1ccc2c(c1)c1c(n2C)CCC(C2CCOCC2)C1.CN(CCN(C)C(=O)C1CC1)C(=O)c1ccc2c(c1)c1c(n2C)CCC(C2CCOCC2)C1. The molecule has 0 spiro atoms. The zero-order valence-electron chi connectivity index (χ0n) is 38.0. The molecule has 10 nitrogen and oxygen atoms in total. The van der Waals surface area contributed by atoms with Crippen LogP contribution in [0.1, 0.15) is 114 Å².